The van der Waals surface area contributed by atoms with Crippen molar-refractivity contribution in [2.75, 3.05) is 6.54 Å². The van der Waals surface area contributed by atoms with Crippen LogP contribution in [0.2, 0.25) is 0 Å². The number of pyridine rings is 1. The van der Waals surface area contributed by atoms with Gasteiger partial charge in [-0.3, -0.25) is 9.78 Å². The maximum atomic E-state index is 12.1. The summed E-state index contributed by atoms with van der Waals surface area (Å²) in [5.41, 5.74) is 7.28. The number of nitrogens with two attached hydrogens (primary N) is 1. The van der Waals surface area contributed by atoms with Crippen LogP contribution >= 0.6 is 11.3 Å². The van der Waals surface area contributed by atoms with Crippen molar-refractivity contribution in [3.8, 4) is 0 Å². The molecule has 2 aromatic rings. The fourth-order valence-corrected chi connectivity index (χ4v) is 2.65. The van der Waals surface area contributed by atoms with Crippen molar-refractivity contribution in [2.45, 2.75) is 19.9 Å². The zero-order chi connectivity index (χ0) is 13.7. The third kappa shape index (κ3) is 3.59. The highest BCUT2D eigenvalue weighted by Gasteiger charge is 2.14. The van der Waals surface area contributed by atoms with Gasteiger partial charge in [-0.05, 0) is 31.2 Å². The molecule has 0 fully saturated rings. The summed E-state index contributed by atoms with van der Waals surface area (Å²) in [7, 11) is 0. The van der Waals surface area contributed by atoms with E-state index >= 15 is 0 Å². The average molecular weight is 276 g/mol. The normalized spacial score (nSPS) is 10.4. The van der Waals surface area contributed by atoms with E-state index in [-0.39, 0.29) is 5.91 Å². The number of amides is 1. The van der Waals surface area contributed by atoms with Crippen LogP contribution < -0.4 is 11.1 Å². The lowest BCUT2D eigenvalue weighted by molar-refractivity contribution is 0.0954. The summed E-state index contributed by atoms with van der Waals surface area (Å²) in [4.78, 5) is 21.0. The Kier molecular flexibility index (Phi) is 4.59. The van der Waals surface area contributed by atoms with Crippen LogP contribution in [0.25, 0.3) is 0 Å². The molecule has 2 heterocycles. The van der Waals surface area contributed by atoms with Gasteiger partial charge in [0, 0.05) is 25.4 Å². The molecule has 0 saturated carbocycles. The van der Waals surface area contributed by atoms with E-state index in [0.29, 0.717) is 24.4 Å². The summed E-state index contributed by atoms with van der Waals surface area (Å²) in [5.74, 6) is -0.0879. The number of hydrogen-bond acceptors (Lipinski definition) is 5. The minimum absolute atomic E-state index is 0.0879. The molecular weight excluding hydrogens is 260 g/mol. The molecule has 0 radical (unpaired) electrons. The number of rotatable bonds is 5. The minimum atomic E-state index is -0.0879. The zero-order valence-corrected chi connectivity index (χ0v) is 11.5. The Morgan fingerprint density at radius 3 is 2.84 bits per heavy atom. The first-order valence-electron chi connectivity index (χ1n) is 6.04. The molecule has 0 bridgehead atoms. The lowest BCUT2D eigenvalue weighted by Gasteiger charge is -2.03. The molecule has 0 unspecified atom stereocenters. The minimum Gasteiger partial charge on any atom is -0.347 e. The van der Waals surface area contributed by atoms with Crippen molar-refractivity contribution in [2.24, 2.45) is 5.73 Å². The number of hydrogen-bond donors (Lipinski definition) is 2. The molecular formula is C13H16N4OS. The Bertz CT molecular complexity index is 553. The molecule has 5 nitrogen and oxygen atoms in total. The number of nitrogens with zero attached hydrogens (tertiary/aromatic N) is 2. The predicted octanol–water partition coefficient (Wildman–Crippen LogP) is 1.28. The van der Waals surface area contributed by atoms with Crippen LogP contribution in [-0.2, 0) is 13.0 Å². The first-order chi connectivity index (χ1) is 9.20. The maximum absolute atomic E-state index is 12.1. The van der Waals surface area contributed by atoms with Crippen molar-refractivity contribution >= 4 is 17.2 Å². The van der Waals surface area contributed by atoms with E-state index in [1.54, 1.807) is 12.4 Å². The van der Waals surface area contributed by atoms with Gasteiger partial charge in [0.2, 0.25) is 0 Å². The summed E-state index contributed by atoms with van der Waals surface area (Å²) >= 11 is 1.41. The second-order valence-electron chi connectivity index (χ2n) is 4.10. The zero-order valence-electron chi connectivity index (χ0n) is 10.7. The Morgan fingerprint density at radius 1 is 1.42 bits per heavy atom. The molecule has 3 N–H and O–H groups in total. The van der Waals surface area contributed by atoms with E-state index in [9.17, 15) is 4.79 Å². The second kappa shape index (κ2) is 6.40. The first kappa shape index (κ1) is 13.6. The van der Waals surface area contributed by atoms with Gasteiger partial charge in [0.1, 0.15) is 4.88 Å². The van der Waals surface area contributed by atoms with Crippen LogP contribution in [0.3, 0.4) is 0 Å². The number of aryl methyl sites for hydroxylation is 1. The number of thiazole rings is 1. The summed E-state index contributed by atoms with van der Waals surface area (Å²) in [5, 5.41) is 3.80. The number of nitrogens with one attached hydrogen (secondary N) is 1. The summed E-state index contributed by atoms with van der Waals surface area (Å²) in [6.07, 6.45) is 4.13. The second-order valence-corrected chi connectivity index (χ2v) is 5.18. The molecule has 6 heteroatoms. The Morgan fingerprint density at radius 2 is 2.16 bits per heavy atom. The van der Waals surface area contributed by atoms with E-state index < -0.39 is 0 Å². The van der Waals surface area contributed by atoms with Crippen molar-refractivity contribution in [3.05, 3.63) is 45.7 Å². The summed E-state index contributed by atoms with van der Waals surface area (Å²) in [6.45, 7) is 2.88. The third-order valence-electron chi connectivity index (χ3n) is 2.61. The van der Waals surface area contributed by atoms with Gasteiger partial charge in [0.05, 0.1) is 10.7 Å². The van der Waals surface area contributed by atoms with Gasteiger partial charge in [-0.2, -0.15) is 0 Å². The Hall–Kier alpha value is -1.79. The lowest BCUT2D eigenvalue weighted by Crippen LogP contribution is -2.22. The number of aromatic nitrogens is 2. The van der Waals surface area contributed by atoms with Gasteiger partial charge < -0.3 is 11.1 Å². The molecule has 0 aliphatic carbocycles. The van der Waals surface area contributed by atoms with E-state index in [0.717, 1.165) is 16.3 Å². The topological polar surface area (TPSA) is 80.9 Å². The average Bonchev–Trinajstić information content (AvgIpc) is 2.79. The molecule has 0 spiro atoms. The number of carbonyl (C=O) groups excluding carboxylic acids is 1. The summed E-state index contributed by atoms with van der Waals surface area (Å²) in [6, 6.07) is 3.75. The molecule has 0 aliphatic rings. The van der Waals surface area contributed by atoms with Crippen LogP contribution in [0.4, 0.5) is 0 Å². The fraction of sp³-hybridized carbons (Fsp3) is 0.308. The van der Waals surface area contributed by atoms with Gasteiger partial charge in [0.25, 0.3) is 5.91 Å². The fourth-order valence-electron chi connectivity index (χ4n) is 1.66. The quantitative estimate of drug-likeness (QED) is 0.862. The van der Waals surface area contributed by atoms with E-state index in [1.807, 2.05) is 19.1 Å². The van der Waals surface area contributed by atoms with Crippen molar-refractivity contribution < 1.29 is 4.79 Å². The van der Waals surface area contributed by atoms with Gasteiger partial charge in [-0.1, -0.05) is 0 Å². The third-order valence-corrected chi connectivity index (χ3v) is 3.82. The molecule has 0 atom stereocenters. The SMILES string of the molecule is Cc1nc(CCN)sc1C(=O)NCc1ccncc1. The van der Waals surface area contributed by atoms with E-state index in [4.69, 9.17) is 5.73 Å². The molecule has 100 valence electrons. The molecule has 1 amide bonds. The van der Waals surface area contributed by atoms with Crippen LogP contribution in [0, 0.1) is 6.92 Å². The molecule has 2 rings (SSSR count). The van der Waals surface area contributed by atoms with Gasteiger partial charge in [-0.25, -0.2) is 4.98 Å². The van der Waals surface area contributed by atoms with Crippen molar-refractivity contribution in [1.82, 2.24) is 15.3 Å². The Balaban J connectivity index is 2.00. The first-order valence-corrected chi connectivity index (χ1v) is 6.86. The standard InChI is InChI=1S/C13H16N4OS/c1-9-12(19-11(17-9)2-5-14)13(18)16-8-10-3-6-15-7-4-10/h3-4,6-7H,2,5,8,14H2,1H3,(H,16,18). The molecule has 0 saturated heterocycles. The summed E-state index contributed by atoms with van der Waals surface area (Å²) < 4.78 is 0. The van der Waals surface area contributed by atoms with E-state index in [1.165, 1.54) is 11.3 Å². The molecule has 19 heavy (non-hydrogen) atoms. The lowest BCUT2D eigenvalue weighted by atomic mass is 10.2. The molecule has 0 aromatic carbocycles. The Labute approximate surface area is 115 Å². The highest BCUT2D eigenvalue weighted by atomic mass is 32.1. The van der Waals surface area contributed by atoms with Crippen LogP contribution in [0.15, 0.2) is 24.5 Å². The van der Waals surface area contributed by atoms with E-state index in [2.05, 4.69) is 15.3 Å². The predicted molar refractivity (Wildman–Crippen MR) is 75.0 cm³/mol. The van der Waals surface area contributed by atoms with Crippen LogP contribution in [-0.4, -0.2) is 22.4 Å². The smallest absolute Gasteiger partial charge is 0.263 e. The van der Waals surface area contributed by atoms with Gasteiger partial charge >= 0.3 is 0 Å². The molecule has 2 aromatic heterocycles. The highest BCUT2D eigenvalue weighted by molar-refractivity contribution is 7.13. The van der Waals surface area contributed by atoms with Crippen molar-refractivity contribution in [1.29, 1.82) is 0 Å². The monoisotopic (exact) mass is 276 g/mol. The maximum Gasteiger partial charge on any atom is 0.263 e. The number of carbonyl (C=O) groups is 1. The van der Waals surface area contributed by atoms with Gasteiger partial charge in [0.15, 0.2) is 0 Å². The van der Waals surface area contributed by atoms with Crippen molar-refractivity contribution in [3.63, 3.8) is 0 Å². The molecule has 0 aliphatic heterocycles. The largest absolute Gasteiger partial charge is 0.347 e. The van der Waals surface area contributed by atoms with Crippen LogP contribution in [0.1, 0.15) is 25.9 Å². The highest BCUT2D eigenvalue weighted by Crippen LogP contribution is 2.18. The van der Waals surface area contributed by atoms with Gasteiger partial charge in [-0.15, -0.1) is 11.3 Å². The van der Waals surface area contributed by atoms with Crippen LogP contribution in [0.5, 0.6) is 0 Å².